The molecule has 2 aromatic carbocycles. The first-order valence-electron chi connectivity index (χ1n) is 12.1. The fraction of sp³-hybridized carbons (Fsp3) is 0.107. The number of nitrogens with one attached hydrogen (secondary N) is 4. The molecule has 0 unspecified atom stereocenters. The molecule has 0 aliphatic heterocycles. The molecule has 204 valence electrons. The predicted octanol–water partition coefficient (Wildman–Crippen LogP) is 5.81. The number of benzene rings is 2. The zero-order chi connectivity index (χ0) is 28.2. The number of hydrogen-bond acceptors (Lipinski definition) is 9. The van der Waals surface area contributed by atoms with Crippen molar-refractivity contribution < 1.29 is 13.9 Å². The summed E-state index contributed by atoms with van der Waals surface area (Å²) in [6.45, 7) is 4.57. The molecule has 1 amide bonds. The lowest BCUT2D eigenvalue weighted by Crippen LogP contribution is -2.18. The molecule has 2 aromatic heterocycles. The lowest BCUT2D eigenvalue weighted by Gasteiger charge is -2.11. The van der Waals surface area contributed by atoms with Crippen LogP contribution in [0.4, 0.5) is 33.2 Å². The average molecular weight is 576 g/mol. The Morgan fingerprint density at radius 1 is 1.05 bits per heavy atom. The number of carbonyl (C=O) groups is 1. The third-order valence-corrected chi connectivity index (χ3v) is 6.48. The highest BCUT2D eigenvalue weighted by molar-refractivity contribution is 8.22. The Labute approximate surface area is 240 Å². The summed E-state index contributed by atoms with van der Waals surface area (Å²) in [6, 6.07) is 17.9. The van der Waals surface area contributed by atoms with Gasteiger partial charge in [-0.1, -0.05) is 36.6 Å². The fourth-order valence-corrected chi connectivity index (χ4v) is 4.15. The van der Waals surface area contributed by atoms with Gasteiger partial charge in [-0.25, -0.2) is 9.37 Å². The first kappa shape index (κ1) is 28.5. The second-order valence-corrected chi connectivity index (χ2v) is 9.90. The van der Waals surface area contributed by atoms with E-state index in [1.54, 1.807) is 36.7 Å². The number of halogens is 1. The minimum atomic E-state index is -0.625. The van der Waals surface area contributed by atoms with Crippen LogP contribution in [0.2, 0.25) is 0 Å². The fourth-order valence-electron chi connectivity index (χ4n) is 3.30. The van der Waals surface area contributed by atoms with Crippen molar-refractivity contribution >= 4 is 63.0 Å². The molecule has 0 saturated carbocycles. The third kappa shape index (κ3) is 9.03. The molecule has 4 N–H and O–H groups in total. The number of amides is 1. The SMILES string of the molecule is C=CC(=O)Nc1cccc(Nc2nc(Nc3ccc(OCCSC(=S)NCc4ccncc4)cc3)ncc2F)c1. The summed E-state index contributed by atoms with van der Waals surface area (Å²) in [4.78, 5) is 23.8. The van der Waals surface area contributed by atoms with Gasteiger partial charge in [0, 0.05) is 41.8 Å². The molecule has 12 heteroatoms. The minimum absolute atomic E-state index is 0.0182. The van der Waals surface area contributed by atoms with Crippen molar-refractivity contribution in [2.24, 2.45) is 0 Å². The van der Waals surface area contributed by atoms with Crippen LogP contribution in [0.3, 0.4) is 0 Å². The van der Waals surface area contributed by atoms with Crippen LogP contribution in [0.5, 0.6) is 5.75 Å². The van der Waals surface area contributed by atoms with Crippen LogP contribution in [0, 0.1) is 5.82 Å². The predicted molar refractivity (Wildman–Crippen MR) is 162 cm³/mol. The molecular weight excluding hydrogens is 549 g/mol. The van der Waals surface area contributed by atoms with E-state index in [9.17, 15) is 9.18 Å². The quantitative estimate of drug-likeness (QED) is 0.0938. The molecule has 4 aromatic rings. The topological polar surface area (TPSA) is 113 Å². The van der Waals surface area contributed by atoms with Crippen LogP contribution in [-0.4, -0.2) is 37.5 Å². The number of rotatable bonds is 12. The molecule has 40 heavy (non-hydrogen) atoms. The van der Waals surface area contributed by atoms with Gasteiger partial charge in [-0.15, -0.1) is 0 Å². The maximum atomic E-state index is 14.4. The molecule has 0 spiro atoms. The smallest absolute Gasteiger partial charge is 0.247 e. The highest BCUT2D eigenvalue weighted by Gasteiger charge is 2.09. The number of nitrogens with zero attached hydrogens (tertiary/aromatic N) is 3. The molecular formula is C28H26FN7O2S2. The van der Waals surface area contributed by atoms with Crippen molar-refractivity contribution in [3.8, 4) is 5.75 Å². The highest BCUT2D eigenvalue weighted by atomic mass is 32.2. The van der Waals surface area contributed by atoms with Crippen molar-refractivity contribution in [3.63, 3.8) is 0 Å². The molecule has 4 rings (SSSR count). The molecule has 0 radical (unpaired) electrons. The van der Waals surface area contributed by atoms with Gasteiger partial charge in [0.1, 0.15) is 10.1 Å². The summed E-state index contributed by atoms with van der Waals surface area (Å²) in [5.74, 6) is 0.618. The lowest BCUT2D eigenvalue weighted by molar-refractivity contribution is -0.111. The van der Waals surface area contributed by atoms with E-state index in [-0.39, 0.29) is 17.7 Å². The Balaban J connectivity index is 1.24. The summed E-state index contributed by atoms with van der Waals surface area (Å²) in [6.07, 6.45) is 5.74. The van der Waals surface area contributed by atoms with Gasteiger partial charge in [-0.05, 0) is 66.2 Å². The number of thioether (sulfide) groups is 1. The van der Waals surface area contributed by atoms with Crippen molar-refractivity contribution in [1.82, 2.24) is 20.3 Å². The largest absolute Gasteiger partial charge is 0.493 e. The average Bonchev–Trinajstić information content (AvgIpc) is 2.97. The van der Waals surface area contributed by atoms with E-state index in [4.69, 9.17) is 17.0 Å². The van der Waals surface area contributed by atoms with Crippen LogP contribution in [0.15, 0.2) is 91.9 Å². The van der Waals surface area contributed by atoms with Crippen molar-refractivity contribution in [2.45, 2.75) is 6.54 Å². The first-order valence-corrected chi connectivity index (χ1v) is 13.5. The Morgan fingerprint density at radius 2 is 1.82 bits per heavy atom. The maximum Gasteiger partial charge on any atom is 0.247 e. The Kier molecular flexibility index (Phi) is 10.4. The van der Waals surface area contributed by atoms with Gasteiger partial charge in [0.2, 0.25) is 11.9 Å². The molecule has 0 aliphatic carbocycles. The van der Waals surface area contributed by atoms with E-state index in [1.165, 1.54) is 17.8 Å². The van der Waals surface area contributed by atoms with Crippen molar-refractivity contribution in [1.29, 1.82) is 0 Å². The minimum Gasteiger partial charge on any atom is -0.493 e. The van der Waals surface area contributed by atoms with Crippen LogP contribution in [0.1, 0.15) is 5.56 Å². The van der Waals surface area contributed by atoms with Gasteiger partial charge in [0.25, 0.3) is 0 Å². The molecule has 0 saturated heterocycles. The van der Waals surface area contributed by atoms with Crippen LogP contribution < -0.4 is 26.0 Å². The molecule has 0 atom stereocenters. The van der Waals surface area contributed by atoms with E-state index >= 15 is 0 Å². The number of carbonyl (C=O) groups excluding carboxylic acids is 1. The van der Waals surface area contributed by atoms with Gasteiger partial charge >= 0.3 is 0 Å². The number of hydrogen-bond donors (Lipinski definition) is 4. The molecule has 0 aliphatic rings. The molecule has 0 bridgehead atoms. The molecule has 9 nitrogen and oxygen atoms in total. The second-order valence-electron chi connectivity index (χ2n) is 8.13. The van der Waals surface area contributed by atoms with Crippen LogP contribution in [0.25, 0.3) is 0 Å². The van der Waals surface area contributed by atoms with E-state index < -0.39 is 5.82 Å². The van der Waals surface area contributed by atoms with Crippen molar-refractivity contribution in [2.75, 3.05) is 28.3 Å². The van der Waals surface area contributed by atoms with Gasteiger partial charge in [0.05, 0.1) is 12.8 Å². The third-order valence-electron chi connectivity index (χ3n) is 5.20. The standard InChI is InChI=1S/C28H26FN7O2S2/c1-2-25(37)33-21-4-3-5-22(16-21)34-26-24(29)18-31-27(36-26)35-20-6-8-23(9-7-20)38-14-15-40-28(39)32-17-19-10-12-30-13-11-19/h2-13,16,18H,1,14-15,17H2,(H,32,39)(H,33,37)(H2,31,34,35,36). The van der Waals surface area contributed by atoms with Gasteiger partial charge in [-0.2, -0.15) is 4.98 Å². The summed E-state index contributed by atoms with van der Waals surface area (Å²) in [5.41, 5.74) is 2.89. The second kappa shape index (κ2) is 14.6. The number of thiocarbonyl (C=S) groups is 1. The lowest BCUT2D eigenvalue weighted by atomic mass is 10.2. The number of ether oxygens (including phenoxy) is 1. The summed E-state index contributed by atoms with van der Waals surface area (Å²) < 4.78 is 20.9. The number of aromatic nitrogens is 3. The number of anilines is 5. The highest BCUT2D eigenvalue weighted by Crippen LogP contribution is 2.23. The van der Waals surface area contributed by atoms with Crippen LogP contribution >= 0.6 is 24.0 Å². The van der Waals surface area contributed by atoms with Gasteiger partial charge in [0.15, 0.2) is 11.6 Å². The zero-order valence-electron chi connectivity index (χ0n) is 21.3. The Bertz CT molecular complexity index is 1460. The van der Waals surface area contributed by atoms with E-state index in [1.807, 2.05) is 36.4 Å². The Morgan fingerprint density at radius 3 is 2.60 bits per heavy atom. The first-order chi connectivity index (χ1) is 19.5. The van der Waals surface area contributed by atoms with Gasteiger partial charge in [-0.3, -0.25) is 9.78 Å². The number of pyridine rings is 1. The molecule has 0 fully saturated rings. The summed E-state index contributed by atoms with van der Waals surface area (Å²) in [5, 5.41) is 11.8. The summed E-state index contributed by atoms with van der Waals surface area (Å²) >= 11 is 6.87. The van der Waals surface area contributed by atoms with Gasteiger partial charge < -0.3 is 26.0 Å². The van der Waals surface area contributed by atoms with Crippen LogP contribution in [-0.2, 0) is 11.3 Å². The monoisotopic (exact) mass is 575 g/mol. The maximum absolute atomic E-state index is 14.4. The summed E-state index contributed by atoms with van der Waals surface area (Å²) in [7, 11) is 0. The van der Waals surface area contributed by atoms with E-state index in [0.717, 1.165) is 11.8 Å². The Hall–Kier alpha value is -4.55. The van der Waals surface area contributed by atoms with E-state index in [2.05, 4.69) is 42.8 Å². The van der Waals surface area contributed by atoms with Crippen molar-refractivity contribution in [3.05, 3.63) is 103 Å². The normalized spacial score (nSPS) is 10.3. The molecule has 2 heterocycles. The zero-order valence-corrected chi connectivity index (χ0v) is 22.9. The van der Waals surface area contributed by atoms with E-state index in [0.29, 0.717) is 46.0 Å².